The molecule has 0 bridgehead atoms. The molecule has 1 heterocycles. The standard InChI is InChI=1S/C10H12BrN5/c1-7(12)10-13-14-15-16(10)6-8-4-2-3-5-9(8)11/h2-5,7H,6,12H2,1H3. The van der Waals surface area contributed by atoms with E-state index in [0.29, 0.717) is 12.4 Å². The molecule has 1 aromatic carbocycles. The van der Waals surface area contributed by atoms with Crippen molar-refractivity contribution in [1.82, 2.24) is 20.2 Å². The van der Waals surface area contributed by atoms with Crippen LogP contribution in [0.2, 0.25) is 0 Å². The molecule has 0 amide bonds. The van der Waals surface area contributed by atoms with Gasteiger partial charge in [-0.1, -0.05) is 34.1 Å². The Bertz CT molecular complexity index is 480. The van der Waals surface area contributed by atoms with E-state index >= 15 is 0 Å². The van der Waals surface area contributed by atoms with Gasteiger partial charge in [0.05, 0.1) is 12.6 Å². The second-order valence-electron chi connectivity index (χ2n) is 3.57. The van der Waals surface area contributed by atoms with Crippen molar-refractivity contribution < 1.29 is 0 Å². The summed E-state index contributed by atoms with van der Waals surface area (Å²) < 4.78 is 2.76. The van der Waals surface area contributed by atoms with Gasteiger partial charge in [-0.05, 0) is 29.0 Å². The molecule has 1 atom stereocenters. The maximum absolute atomic E-state index is 5.78. The van der Waals surface area contributed by atoms with Gasteiger partial charge in [-0.15, -0.1) is 5.10 Å². The maximum atomic E-state index is 5.78. The molecule has 2 rings (SSSR count). The second-order valence-corrected chi connectivity index (χ2v) is 4.43. The zero-order valence-electron chi connectivity index (χ0n) is 8.84. The summed E-state index contributed by atoms with van der Waals surface area (Å²) in [5, 5.41) is 11.5. The first-order valence-corrected chi connectivity index (χ1v) is 5.73. The third-order valence-electron chi connectivity index (χ3n) is 2.24. The van der Waals surface area contributed by atoms with Gasteiger partial charge in [0, 0.05) is 4.47 Å². The van der Waals surface area contributed by atoms with Gasteiger partial charge in [0.1, 0.15) is 0 Å². The van der Waals surface area contributed by atoms with E-state index in [4.69, 9.17) is 5.73 Å². The van der Waals surface area contributed by atoms with Crippen LogP contribution in [0.4, 0.5) is 0 Å². The van der Waals surface area contributed by atoms with Gasteiger partial charge in [-0.2, -0.15) is 0 Å². The summed E-state index contributed by atoms with van der Waals surface area (Å²) >= 11 is 3.49. The van der Waals surface area contributed by atoms with E-state index in [1.165, 1.54) is 0 Å². The lowest BCUT2D eigenvalue weighted by Gasteiger charge is -2.08. The van der Waals surface area contributed by atoms with Crippen LogP contribution in [0, 0.1) is 0 Å². The van der Waals surface area contributed by atoms with Crippen molar-refractivity contribution in [3.05, 3.63) is 40.1 Å². The van der Waals surface area contributed by atoms with E-state index in [-0.39, 0.29) is 6.04 Å². The molecule has 6 heteroatoms. The molecule has 0 saturated carbocycles. The average Bonchev–Trinajstić information content (AvgIpc) is 2.69. The lowest BCUT2D eigenvalue weighted by Crippen LogP contribution is -2.15. The number of rotatable bonds is 3. The number of halogens is 1. The molecule has 0 radical (unpaired) electrons. The molecule has 0 saturated heterocycles. The molecule has 1 unspecified atom stereocenters. The second kappa shape index (κ2) is 4.71. The number of nitrogens with two attached hydrogens (primary N) is 1. The fraction of sp³-hybridized carbons (Fsp3) is 0.300. The minimum Gasteiger partial charge on any atom is -0.322 e. The van der Waals surface area contributed by atoms with Crippen LogP contribution >= 0.6 is 15.9 Å². The minimum absolute atomic E-state index is 0.169. The molecule has 84 valence electrons. The van der Waals surface area contributed by atoms with Gasteiger partial charge in [-0.25, -0.2) is 4.68 Å². The Labute approximate surface area is 102 Å². The number of nitrogens with zero attached hydrogens (tertiary/aromatic N) is 4. The first-order chi connectivity index (χ1) is 7.68. The van der Waals surface area contributed by atoms with E-state index in [9.17, 15) is 0 Å². The summed E-state index contributed by atoms with van der Waals surface area (Å²) in [4.78, 5) is 0. The summed E-state index contributed by atoms with van der Waals surface area (Å²) in [5.41, 5.74) is 6.90. The highest BCUT2D eigenvalue weighted by Gasteiger charge is 2.11. The Morgan fingerprint density at radius 3 is 2.88 bits per heavy atom. The van der Waals surface area contributed by atoms with Gasteiger partial charge in [0.15, 0.2) is 5.82 Å². The predicted octanol–water partition coefficient (Wildman–Crippen LogP) is 1.50. The maximum Gasteiger partial charge on any atom is 0.168 e. The summed E-state index contributed by atoms with van der Waals surface area (Å²) in [7, 11) is 0. The van der Waals surface area contributed by atoms with Crippen LogP contribution in [0.1, 0.15) is 24.4 Å². The smallest absolute Gasteiger partial charge is 0.168 e. The molecular formula is C10H12BrN5. The molecule has 1 aromatic heterocycles. The summed E-state index contributed by atoms with van der Waals surface area (Å²) in [6, 6.07) is 7.80. The van der Waals surface area contributed by atoms with Crippen LogP contribution in [-0.4, -0.2) is 20.2 Å². The summed E-state index contributed by atoms with van der Waals surface area (Å²) in [6.07, 6.45) is 0. The quantitative estimate of drug-likeness (QED) is 0.926. The van der Waals surface area contributed by atoms with Gasteiger partial charge in [0.2, 0.25) is 0 Å². The molecular weight excluding hydrogens is 270 g/mol. The molecule has 2 N–H and O–H groups in total. The first-order valence-electron chi connectivity index (χ1n) is 4.93. The summed E-state index contributed by atoms with van der Waals surface area (Å²) in [5.74, 6) is 0.691. The first kappa shape index (κ1) is 11.2. The molecule has 0 aliphatic heterocycles. The van der Waals surface area contributed by atoms with Crippen LogP contribution in [0.3, 0.4) is 0 Å². The molecule has 5 nitrogen and oxygen atoms in total. The van der Waals surface area contributed by atoms with Crippen LogP contribution in [0.5, 0.6) is 0 Å². The van der Waals surface area contributed by atoms with E-state index in [2.05, 4.69) is 31.5 Å². The van der Waals surface area contributed by atoms with Crippen LogP contribution < -0.4 is 5.73 Å². The number of hydrogen-bond acceptors (Lipinski definition) is 4. The molecule has 0 aliphatic rings. The molecule has 2 aromatic rings. The zero-order valence-corrected chi connectivity index (χ0v) is 10.4. The van der Waals surface area contributed by atoms with Gasteiger partial charge in [-0.3, -0.25) is 0 Å². The normalized spacial score (nSPS) is 12.7. The Morgan fingerprint density at radius 1 is 1.44 bits per heavy atom. The van der Waals surface area contributed by atoms with E-state index in [0.717, 1.165) is 10.0 Å². The van der Waals surface area contributed by atoms with Crippen LogP contribution in [-0.2, 0) is 6.54 Å². The van der Waals surface area contributed by atoms with E-state index in [1.54, 1.807) is 4.68 Å². The zero-order chi connectivity index (χ0) is 11.5. The van der Waals surface area contributed by atoms with E-state index in [1.807, 2.05) is 31.2 Å². The van der Waals surface area contributed by atoms with E-state index < -0.39 is 0 Å². The fourth-order valence-electron chi connectivity index (χ4n) is 1.44. The number of hydrogen-bond donors (Lipinski definition) is 1. The number of tetrazole rings is 1. The Hall–Kier alpha value is -1.27. The Morgan fingerprint density at radius 2 is 2.19 bits per heavy atom. The number of benzene rings is 1. The fourth-order valence-corrected chi connectivity index (χ4v) is 1.85. The highest BCUT2D eigenvalue weighted by Crippen LogP contribution is 2.17. The van der Waals surface area contributed by atoms with Gasteiger partial charge in [0.25, 0.3) is 0 Å². The molecule has 0 spiro atoms. The van der Waals surface area contributed by atoms with Crippen molar-refractivity contribution >= 4 is 15.9 Å². The Kier molecular flexibility index (Phi) is 3.31. The largest absolute Gasteiger partial charge is 0.322 e. The van der Waals surface area contributed by atoms with Crippen molar-refractivity contribution in [2.75, 3.05) is 0 Å². The average molecular weight is 282 g/mol. The SMILES string of the molecule is CC(N)c1nnnn1Cc1ccccc1Br. The minimum atomic E-state index is -0.169. The lowest BCUT2D eigenvalue weighted by atomic mass is 10.2. The van der Waals surface area contributed by atoms with Gasteiger partial charge >= 0.3 is 0 Å². The van der Waals surface area contributed by atoms with Crippen molar-refractivity contribution in [2.45, 2.75) is 19.5 Å². The monoisotopic (exact) mass is 281 g/mol. The predicted molar refractivity (Wildman–Crippen MR) is 63.7 cm³/mol. The highest BCUT2D eigenvalue weighted by molar-refractivity contribution is 9.10. The Balaban J connectivity index is 2.27. The van der Waals surface area contributed by atoms with Crippen LogP contribution in [0.25, 0.3) is 0 Å². The van der Waals surface area contributed by atoms with Crippen molar-refractivity contribution in [2.24, 2.45) is 5.73 Å². The third kappa shape index (κ3) is 2.28. The third-order valence-corrected chi connectivity index (χ3v) is 3.02. The summed E-state index contributed by atoms with van der Waals surface area (Å²) in [6.45, 7) is 2.48. The topological polar surface area (TPSA) is 69.6 Å². The molecule has 16 heavy (non-hydrogen) atoms. The molecule has 0 aliphatic carbocycles. The lowest BCUT2D eigenvalue weighted by molar-refractivity contribution is 0.586. The highest BCUT2D eigenvalue weighted by atomic mass is 79.9. The van der Waals surface area contributed by atoms with Gasteiger partial charge < -0.3 is 5.73 Å². The number of aromatic nitrogens is 4. The van der Waals surface area contributed by atoms with Crippen LogP contribution in [0.15, 0.2) is 28.7 Å². The van der Waals surface area contributed by atoms with Crippen molar-refractivity contribution in [1.29, 1.82) is 0 Å². The molecule has 0 fully saturated rings. The van der Waals surface area contributed by atoms with Crippen molar-refractivity contribution in [3.63, 3.8) is 0 Å². The van der Waals surface area contributed by atoms with Crippen molar-refractivity contribution in [3.8, 4) is 0 Å².